The summed E-state index contributed by atoms with van der Waals surface area (Å²) in [5, 5.41) is 0. The number of aliphatic imine (C=N–C) groups is 1. The maximum absolute atomic E-state index is 9.74. The molecule has 0 aromatic heterocycles. The molecule has 0 bridgehead atoms. The Morgan fingerprint density at radius 1 is 1.67 bits per heavy atom. The summed E-state index contributed by atoms with van der Waals surface area (Å²) in [6.45, 7) is 0.383. The summed E-state index contributed by atoms with van der Waals surface area (Å²) < 4.78 is 4.47. The molecule has 0 saturated carbocycles. The van der Waals surface area contributed by atoms with Crippen molar-refractivity contribution in [2.45, 2.75) is 12.8 Å². The van der Waals surface area contributed by atoms with Crippen LogP contribution in [0.15, 0.2) is 17.0 Å². The van der Waals surface area contributed by atoms with E-state index < -0.39 is 0 Å². The topological polar surface area (TPSA) is 38.7 Å². The lowest BCUT2D eigenvalue weighted by Gasteiger charge is -2.00. The van der Waals surface area contributed by atoms with Gasteiger partial charge in [-0.05, 0) is 18.9 Å². The molecule has 0 aromatic carbocycles. The van der Waals surface area contributed by atoms with Crippen molar-refractivity contribution in [3.05, 3.63) is 12.0 Å². The van der Waals surface area contributed by atoms with Crippen LogP contribution >= 0.6 is 0 Å². The molecule has 0 radical (unpaired) electrons. The molecule has 0 atom stereocenters. The van der Waals surface area contributed by atoms with Crippen LogP contribution in [-0.4, -0.2) is 12.7 Å². The third kappa shape index (κ3) is 1.68. The maximum Gasteiger partial charge on any atom is 0.299 e. The van der Waals surface area contributed by atoms with Crippen LogP contribution in [0.5, 0.6) is 0 Å². The molecular formula is C6H7NO2. The zero-order chi connectivity index (χ0) is 6.53. The summed E-state index contributed by atoms with van der Waals surface area (Å²) in [5.41, 5.74) is 0. The standard InChI is InChI=1S/C6H7NO2/c8-5-9-6-3-1-2-4-7-6/h3-5H,1-2H2. The van der Waals surface area contributed by atoms with Crippen LogP contribution in [-0.2, 0) is 9.53 Å². The van der Waals surface area contributed by atoms with Crippen molar-refractivity contribution in [3.63, 3.8) is 0 Å². The molecule has 1 aliphatic heterocycles. The molecule has 1 heterocycles. The fourth-order valence-electron chi connectivity index (χ4n) is 0.616. The van der Waals surface area contributed by atoms with E-state index in [1.807, 2.05) is 0 Å². The average molecular weight is 125 g/mol. The fraction of sp³-hybridized carbons (Fsp3) is 0.333. The van der Waals surface area contributed by atoms with Crippen molar-refractivity contribution in [2.24, 2.45) is 4.99 Å². The van der Waals surface area contributed by atoms with Gasteiger partial charge in [-0.3, -0.25) is 4.79 Å². The average Bonchev–Trinajstić information content (AvgIpc) is 1.91. The van der Waals surface area contributed by atoms with Crippen LogP contribution in [0.2, 0.25) is 0 Å². The first-order valence-electron chi connectivity index (χ1n) is 2.76. The minimum atomic E-state index is 0.383. The van der Waals surface area contributed by atoms with Gasteiger partial charge in [0.2, 0.25) is 5.88 Å². The first kappa shape index (κ1) is 6.01. The van der Waals surface area contributed by atoms with Crippen LogP contribution in [0.4, 0.5) is 0 Å². The van der Waals surface area contributed by atoms with Gasteiger partial charge in [-0.2, -0.15) is 0 Å². The highest BCUT2D eigenvalue weighted by Gasteiger charge is 1.96. The highest BCUT2D eigenvalue weighted by atomic mass is 16.5. The van der Waals surface area contributed by atoms with Crippen molar-refractivity contribution < 1.29 is 9.53 Å². The molecule has 9 heavy (non-hydrogen) atoms. The molecule has 1 aliphatic rings. The number of hydrogen-bond acceptors (Lipinski definition) is 3. The van der Waals surface area contributed by atoms with Gasteiger partial charge in [0.25, 0.3) is 6.47 Å². The molecule has 48 valence electrons. The van der Waals surface area contributed by atoms with Crippen molar-refractivity contribution in [2.75, 3.05) is 0 Å². The van der Waals surface area contributed by atoms with Gasteiger partial charge in [-0.25, -0.2) is 4.99 Å². The SMILES string of the molecule is O=COC1=CCCC=N1. The Kier molecular flexibility index (Phi) is 2.01. The van der Waals surface area contributed by atoms with Gasteiger partial charge in [0, 0.05) is 6.21 Å². The van der Waals surface area contributed by atoms with Crippen molar-refractivity contribution in [1.82, 2.24) is 0 Å². The molecule has 0 N–H and O–H groups in total. The van der Waals surface area contributed by atoms with Crippen molar-refractivity contribution in [3.8, 4) is 0 Å². The molecule has 0 unspecified atom stereocenters. The maximum atomic E-state index is 9.74. The van der Waals surface area contributed by atoms with E-state index in [1.54, 1.807) is 12.3 Å². The lowest BCUT2D eigenvalue weighted by molar-refractivity contribution is -0.125. The minimum Gasteiger partial charge on any atom is -0.410 e. The van der Waals surface area contributed by atoms with Gasteiger partial charge in [0.15, 0.2) is 0 Å². The predicted octanol–water partition coefficient (Wildman–Crippen LogP) is 0.865. The second-order valence-corrected chi connectivity index (χ2v) is 1.65. The Labute approximate surface area is 53.0 Å². The zero-order valence-electron chi connectivity index (χ0n) is 4.91. The first-order chi connectivity index (χ1) is 4.43. The predicted molar refractivity (Wildman–Crippen MR) is 33.0 cm³/mol. The number of rotatable bonds is 2. The van der Waals surface area contributed by atoms with E-state index in [-0.39, 0.29) is 0 Å². The van der Waals surface area contributed by atoms with Crippen LogP contribution in [0.25, 0.3) is 0 Å². The summed E-state index contributed by atoms with van der Waals surface area (Å²) in [6, 6.07) is 0. The van der Waals surface area contributed by atoms with E-state index in [9.17, 15) is 4.79 Å². The lowest BCUT2D eigenvalue weighted by Crippen LogP contribution is -1.91. The molecule has 0 amide bonds. The van der Waals surface area contributed by atoms with Crippen molar-refractivity contribution >= 4 is 12.7 Å². The summed E-state index contributed by atoms with van der Waals surface area (Å²) in [5.74, 6) is 0.413. The third-order valence-electron chi connectivity index (χ3n) is 1.00. The molecular weight excluding hydrogens is 118 g/mol. The Morgan fingerprint density at radius 2 is 2.56 bits per heavy atom. The van der Waals surface area contributed by atoms with Crippen molar-refractivity contribution in [1.29, 1.82) is 0 Å². The second-order valence-electron chi connectivity index (χ2n) is 1.65. The Morgan fingerprint density at radius 3 is 3.11 bits per heavy atom. The molecule has 0 saturated heterocycles. The quantitative estimate of drug-likeness (QED) is 0.513. The summed E-state index contributed by atoms with van der Waals surface area (Å²) in [6.07, 6.45) is 5.37. The summed E-state index contributed by atoms with van der Waals surface area (Å²) in [4.78, 5) is 13.5. The van der Waals surface area contributed by atoms with Crippen LogP contribution in [0.1, 0.15) is 12.8 Å². The smallest absolute Gasteiger partial charge is 0.299 e. The van der Waals surface area contributed by atoms with E-state index in [0.717, 1.165) is 12.8 Å². The molecule has 1 rings (SSSR count). The number of carbonyl (C=O) groups is 1. The Bertz CT molecular complexity index is 160. The van der Waals surface area contributed by atoms with Gasteiger partial charge >= 0.3 is 0 Å². The van der Waals surface area contributed by atoms with E-state index in [1.165, 1.54) is 0 Å². The largest absolute Gasteiger partial charge is 0.410 e. The summed E-state index contributed by atoms with van der Waals surface area (Å²) in [7, 11) is 0. The van der Waals surface area contributed by atoms with Crippen LogP contribution in [0.3, 0.4) is 0 Å². The van der Waals surface area contributed by atoms with E-state index in [4.69, 9.17) is 0 Å². The number of ether oxygens (including phenoxy) is 1. The van der Waals surface area contributed by atoms with Crippen LogP contribution in [0, 0.1) is 0 Å². The summed E-state index contributed by atoms with van der Waals surface area (Å²) >= 11 is 0. The lowest BCUT2D eigenvalue weighted by atomic mass is 10.3. The highest BCUT2D eigenvalue weighted by Crippen LogP contribution is 2.05. The van der Waals surface area contributed by atoms with Gasteiger partial charge in [-0.1, -0.05) is 0 Å². The number of nitrogens with zero attached hydrogens (tertiary/aromatic N) is 1. The van der Waals surface area contributed by atoms with Gasteiger partial charge in [0.1, 0.15) is 0 Å². The van der Waals surface area contributed by atoms with E-state index in [2.05, 4.69) is 9.73 Å². The molecule has 3 nitrogen and oxygen atoms in total. The molecule has 0 aliphatic carbocycles. The normalized spacial score (nSPS) is 16.7. The minimum absolute atomic E-state index is 0.383. The molecule has 3 heteroatoms. The molecule has 0 aromatic rings. The van der Waals surface area contributed by atoms with Gasteiger partial charge in [0.05, 0.1) is 0 Å². The fourth-order valence-corrected chi connectivity index (χ4v) is 0.616. The highest BCUT2D eigenvalue weighted by molar-refractivity contribution is 5.60. The number of allylic oxidation sites excluding steroid dienone is 1. The second kappa shape index (κ2) is 3.02. The Balaban J connectivity index is 2.47. The molecule has 0 fully saturated rings. The molecule has 0 spiro atoms. The Hall–Kier alpha value is -1.12. The number of hydrogen-bond donors (Lipinski definition) is 0. The zero-order valence-corrected chi connectivity index (χ0v) is 4.91. The monoisotopic (exact) mass is 125 g/mol. The van der Waals surface area contributed by atoms with Gasteiger partial charge in [-0.15, -0.1) is 0 Å². The van der Waals surface area contributed by atoms with Crippen LogP contribution < -0.4 is 0 Å². The third-order valence-corrected chi connectivity index (χ3v) is 1.00. The number of carbonyl (C=O) groups excluding carboxylic acids is 1. The van der Waals surface area contributed by atoms with E-state index in [0.29, 0.717) is 12.4 Å². The van der Waals surface area contributed by atoms with E-state index >= 15 is 0 Å². The van der Waals surface area contributed by atoms with Gasteiger partial charge < -0.3 is 4.74 Å². The first-order valence-corrected chi connectivity index (χ1v) is 2.76.